The fourth-order valence-electron chi connectivity index (χ4n) is 3.08. The molecule has 0 bridgehead atoms. The number of hydrogen-bond acceptors (Lipinski definition) is 6. The van der Waals surface area contributed by atoms with Crippen LogP contribution >= 0.6 is 11.6 Å². The number of fused-ring (bicyclic) bond motifs is 1. The summed E-state index contributed by atoms with van der Waals surface area (Å²) < 4.78 is 5.25. The maximum absolute atomic E-state index is 12.9. The Kier molecular flexibility index (Phi) is 7.45. The molecule has 1 aliphatic rings. The van der Waals surface area contributed by atoms with Crippen molar-refractivity contribution in [3.8, 4) is 0 Å². The van der Waals surface area contributed by atoms with Gasteiger partial charge in [-0.15, -0.1) is 0 Å². The molecular weight excluding hydrogens is 434 g/mol. The van der Waals surface area contributed by atoms with Crippen molar-refractivity contribution in [3.63, 3.8) is 0 Å². The predicted molar refractivity (Wildman–Crippen MR) is 122 cm³/mol. The van der Waals surface area contributed by atoms with Crippen molar-refractivity contribution < 1.29 is 14.3 Å². The second-order valence-corrected chi connectivity index (χ2v) is 7.58. The summed E-state index contributed by atoms with van der Waals surface area (Å²) in [5, 5.41) is 6.17. The Labute approximate surface area is 189 Å². The van der Waals surface area contributed by atoms with Crippen LogP contribution in [0, 0.1) is 0 Å². The Morgan fingerprint density at radius 3 is 2.78 bits per heavy atom. The van der Waals surface area contributed by atoms with Crippen LogP contribution in [0.5, 0.6) is 0 Å². The number of nitrogens with one attached hydrogen (secondary N) is 3. The van der Waals surface area contributed by atoms with Gasteiger partial charge in [0.1, 0.15) is 11.1 Å². The second-order valence-electron chi connectivity index (χ2n) is 7.17. The third-order valence-corrected chi connectivity index (χ3v) is 5.17. The van der Waals surface area contributed by atoms with E-state index in [0.29, 0.717) is 48.1 Å². The van der Waals surface area contributed by atoms with Gasteiger partial charge >= 0.3 is 0 Å². The first-order valence-corrected chi connectivity index (χ1v) is 10.4. The minimum atomic E-state index is -0.661. The number of aromatic nitrogens is 1. The number of nitrogens with two attached hydrogens (primary N) is 1. The van der Waals surface area contributed by atoms with E-state index in [-0.39, 0.29) is 22.2 Å². The number of halogens is 1. The smallest absolute Gasteiger partial charge is 0.262 e. The Hall–Kier alpha value is -3.43. The molecule has 0 spiro atoms. The van der Waals surface area contributed by atoms with Crippen LogP contribution in [0.25, 0.3) is 6.08 Å². The molecule has 1 aromatic carbocycles. The molecule has 0 aliphatic carbocycles. The van der Waals surface area contributed by atoms with Gasteiger partial charge in [0.05, 0.1) is 17.8 Å². The highest BCUT2D eigenvalue weighted by Gasteiger charge is 2.16. The standard InChI is InChI=1S/C22H24ClN5O4/c1-12-4-5-13-10-15(21(31)27-18(13)28-22(12)32-2)20(30)26-17-11-14(6-7-16(17)23)19(29)25-9-3-8-24/h5-7,10-11H,3-4,8-9,24H2,1-2H3,(H,25,29)(H,26,30)(H,27,28,31). The zero-order valence-electron chi connectivity index (χ0n) is 17.8. The largest absolute Gasteiger partial charge is 0.481 e. The van der Waals surface area contributed by atoms with Crippen molar-refractivity contribution in [1.29, 1.82) is 0 Å². The van der Waals surface area contributed by atoms with Crippen LogP contribution in [-0.2, 0) is 4.74 Å². The van der Waals surface area contributed by atoms with Crippen LogP contribution in [-0.4, -0.2) is 37.0 Å². The topological polar surface area (TPSA) is 139 Å². The number of H-pyrrole nitrogens is 1. The SMILES string of the molecule is COC1=C(C)CC=c2cc(C(=O)Nc3cc(C(=O)NCCCN)ccc3Cl)c(=O)[nH]c2=N1. The number of amides is 2. The molecule has 0 saturated heterocycles. The van der Waals surface area contributed by atoms with E-state index < -0.39 is 11.5 Å². The number of nitrogens with zero attached hydrogens (tertiary/aromatic N) is 1. The number of carbonyl (C=O) groups is 2. The van der Waals surface area contributed by atoms with Crippen LogP contribution in [0.1, 0.15) is 40.5 Å². The number of ether oxygens (including phenoxy) is 1. The van der Waals surface area contributed by atoms with Crippen molar-refractivity contribution in [2.45, 2.75) is 19.8 Å². The molecule has 1 aromatic heterocycles. The van der Waals surface area contributed by atoms with E-state index in [1.165, 1.54) is 25.3 Å². The van der Waals surface area contributed by atoms with Crippen molar-refractivity contribution in [2.24, 2.45) is 10.7 Å². The van der Waals surface area contributed by atoms with Gasteiger partial charge in [-0.05, 0) is 56.1 Å². The van der Waals surface area contributed by atoms with Gasteiger partial charge in [-0.3, -0.25) is 14.4 Å². The van der Waals surface area contributed by atoms with Crippen LogP contribution in [0.15, 0.2) is 45.5 Å². The lowest BCUT2D eigenvalue weighted by Crippen LogP contribution is -2.38. The van der Waals surface area contributed by atoms with E-state index in [0.717, 1.165) is 5.57 Å². The van der Waals surface area contributed by atoms with Gasteiger partial charge in [0.25, 0.3) is 17.4 Å². The van der Waals surface area contributed by atoms with E-state index in [2.05, 4.69) is 20.6 Å². The lowest BCUT2D eigenvalue weighted by molar-refractivity contribution is 0.0952. The quantitative estimate of drug-likeness (QED) is 0.460. The normalized spacial score (nSPS) is 12.8. The van der Waals surface area contributed by atoms with E-state index >= 15 is 0 Å². The van der Waals surface area contributed by atoms with Crippen LogP contribution in [0.4, 0.5) is 5.69 Å². The average Bonchev–Trinajstić information content (AvgIpc) is 2.92. The Balaban J connectivity index is 1.89. The number of hydrogen-bond donors (Lipinski definition) is 4. The third-order valence-electron chi connectivity index (χ3n) is 4.84. The van der Waals surface area contributed by atoms with Crippen LogP contribution < -0.4 is 32.6 Å². The molecule has 0 atom stereocenters. The van der Waals surface area contributed by atoms with Crippen molar-refractivity contribution in [2.75, 3.05) is 25.5 Å². The molecule has 0 radical (unpaired) electrons. The van der Waals surface area contributed by atoms with E-state index in [9.17, 15) is 14.4 Å². The highest BCUT2D eigenvalue weighted by atomic mass is 35.5. The third kappa shape index (κ3) is 5.24. The molecule has 9 nitrogen and oxygen atoms in total. The maximum Gasteiger partial charge on any atom is 0.262 e. The number of methoxy groups -OCH3 is 1. The zero-order valence-corrected chi connectivity index (χ0v) is 18.5. The van der Waals surface area contributed by atoms with Crippen LogP contribution in [0.2, 0.25) is 5.02 Å². The van der Waals surface area contributed by atoms with Gasteiger partial charge in [0.2, 0.25) is 5.88 Å². The molecule has 10 heteroatoms. The lowest BCUT2D eigenvalue weighted by atomic mass is 10.1. The van der Waals surface area contributed by atoms with Gasteiger partial charge in [-0.2, -0.15) is 4.99 Å². The zero-order chi connectivity index (χ0) is 23.3. The molecule has 2 aromatic rings. The number of aromatic amines is 1. The first-order valence-electron chi connectivity index (χ1n) is 9.99. The maximum atomic E-state index is 12.9. The Morgan fingerprint density at radius 1 is 1.28 bits per heavy atom. The lowest BCUT2D eigenvalue weighted by Gasteiger charge is -2.10. The van der Waals surface area contributed by atoms with E-state index in [1.807, 2.05) is 13.0 Å². The van der Waals surface area contributed by atoms with Gasteiger partial charge in [-0.25, -0.2) is 0 Å². The van der Waals surface area contributed by atoms with Crippen LogP contribution in [0.3, 0.4) is 0 Å². The van der Waals surface area contributed by atoms with Gasteiger partial charge in [0, 0.05) is 17.3 Å². The minimum Gasteiger partial charge on any atom is -0.481 e. The summed E-state index contributed by atoms with van der Waals surface area (Å²) in [6.07, 6.45) is 3.06. The number of anilines is 1. The fourth-order valence-corrected chi connectivity index (χ4v) is 3.24. The monoisotopic (exact) mass is 457 g/mol. The summed E-state index contributed by atoms with van der Waals surface area (Å²) in [5.74, 6) is -0.561. The number of carbonyl (C=O) groups excluding carboxylic acids is 2. The summed E-state index contributed by atoms with van der Waals surface area (Å²) in [7, 11) is 1.50. The predicted octanol–water partition coefficient (Wildman–Crippen LogP) is 1.04. The highest BCUT2D eigenvalue weighted by molar-refractivity contribution is 6.34. The van der Waals surface area contributed by atoms with Crippen molar-refractivity contribution in [1.82, 2.24) is 10.3 Å². The van der Waals surface area contributed by atoms with Crippen molar-refractivity contribution >= 4 is 35.2 Å². The first-order chi connectivity index (χ1) is 15.3. The molecule has 3 rings (SSSR count). The molecule has 168 valence electrons. The molecular formula is C22H24ClN5O4. The first kappa shape index (κ1) is 23.2. The molecule has 1 aliphatic heterocycles. The minimum absolute atomic E-state index is 0.109. The molecule has 0 saturated carbocycles. The van der Waals surface area contributed by atoms with Gasteiger partial charge in [-0.1, -0.05) is 17.7 Å². The summed E-state index contributed by atoms with van der Waals surface area (Å²) in [4.78, 5) is 44.6. The molecule has 2 amide bonds. The number of allylic oxidation sites excluding steroid dienone is 1. The summed E-state index contributed by atoms with van der Waals surface area (Å²) in [6, 6.07) is 5.97. The average molecular weight is 458 g/mol. The molecule has 5 N–H and O–H groups in total. The number of rotatable bonds is 7. The number of benzene rings is 1. The molecule has 32 heavy (non-hydrogen) atoms. The van der Waals surface area contributed by atoms with Crippen molar-refractivity contribution in [3.05, 3.63) is 72.9 Å². The molecule has 0 fully saturated rings. The summed E-state index contributed by atoms with van der Waals surface area (Å²) in [6.45, 7) is 2.77. The van der Waals surface area contributed by atoms with E-state index in [4.69, 9.17) is 22.1 Å². The Morgan fingerprint density at radius 2 is 2.06 bits per heavy atom. The van der Waals surface area contributed by atoms with E-state index in [1.54, 1.807) is 6.07 Å². The molecule has 0 unspecified atom stereocenters. The summed E-state index contributed by atoms with van der Waals surface area (Å²) >= 11 is 6.19. The van der Waals surface area contributed by atoms with Gasteiger partial charge < -0.3 is 26.1 Å². The Bertz CT molecular complexity index is 1270. The molecule has 2 heterocycles. The fraction of sp³-hybridized carbons (Fsp3) is 0.273. The second kappa shape index (κ2) is 10.3. The number of pyridine rings is 1. The highest BCUT2D eigenvalue weighted by Crippen LogP contribution is 2.23. The summed E-state index contributed by atoms with van der Waals surface area (Å²) in [5.41, 5.74) is 6.45. The van der Waals surface area contributed by atoms with Gasteiger partial charge in [0.15, 0.2) is 0 Å².